The highest BCUT2D eigenvalue weighted by atomic mass is 19.4. The first-order valence-corrected chi connectivity index (χ1v) is 13.3. The molecule has 1 saturated heterocycles. The third-order valence-electron chi connectivity index (χ3n) is 8.28. The number of amides is 3. The number of halogens is 3. The molecule has 7 nitrogen and oxygen atoms in total. The number of urea groups is 1. The van der Waals surface area contributed by atoms with Crippen molar-refractivity contribution >= 4 is 28.9 Å². The second kappa shape index (κ2) is 9.59. The third-order valence-corrected chi connectivity index (χ3v) is 8.28. The number of alkyl halides is 3. The van der Waals surface area contributed by atoms with Crippen molar-refractivity contribution in [2.45, 2.75) is 62.9 Å². The molecule has 39 heavy (non-hydrogen) atoms. The zero-order valence-corrected chi connectivity index (χ0v) is 21.6. The van der Waals surface area contributed by atoms with Gasteiger partial charge in [0.2, 0.25) is 5.91 Å². The normalized spacial score (nSPS) is 21.7. The number of nitrogens with zero attached hydrogens (tertiary/aromatic N) is 2. The predicted octanol–water partition coefficient (Wildman–Crippen LogP) is 5.98. The fourth-order valence-electron chi connectivity index (χ4n) is 5.99. The Morgan fingerprint density at radius 2 is 1.90 bits per heavy atom. The molecule has 2 fully saturated rings. The fraction of sp³-hybridized carbons (Fsp3) is 0.448. The van der Waals surface area contributed by atoms with Gasteiger partial charge in [0.05, 0.1) is 11.3 Å². The van der Waals surface area contributed by atoms with E-state index in [4.69, 9.17) is 9.47 Å². The van der Waals surface area contributed by atoms with Gasteiger partial charge in [0, 0.05) is 56.6 Å². The van der Waals surface area contributed by atoms with Crippen molar-refractivity contribution in [3.05, 3.63) is 59.2 Å². The van der Waals surface area contributed by atoms with Crippen LogP contribution in [0.3, 0.4) is 0 Å². The number of carbonyl (C=O) groups excluding carboxylic acids is 2. The second-order valence-corrected chi connectivity index (χ2v) is 10.8. The number of ether oxygens (including phenoxy) is 2. The Kier molecular flexibility index (Phi) is 6.32. The number of benzene rings is 2. The third kappa shape index (κ3) is 4.86. The molecular formula is C29H30F3N3O4. The smallest absolute Gasteiger partial charge is 0.416 e. The molecule has 0 atom stereocenters. The second-order valence-electron chi connectivity index (χ2n) is 10.8. The molecular weight excluding hydrogens is 511 g/mol. The van der Waals surface area contributed by atoms with Gasteiger partial charge in [-0.3, -0.25) is 9.69 Å². The van der Waals surface area contributed by atoms with Crippen LogP contribution >= 0.6 is 0 Å². The largest absolute Gasteiger partial charge is 0.486 e. The molecule has 6 rings (SSSR count). The summed E-state index contributed by atoms with van der Waals surface area (Å²) in [6.07, 6.45) is 1.46. The number of anilines is 2. The Morgan fingerprint density at radius 3 is 2.59 bits per heavy atom. The van der Waals surface area contributed by atoms with E-state index >= 15 is 0 Å². The summed E-state index contributed by atoms with van der Waals surface area (Å²) in [5, 5.41) is 2.87. The van der Waals surface area contributed by atoms with Gasteiger partial charge in [0.15, 0.2) is 0 Å². The van der Waals surface area contributed by atoms with E-state index in [0.717, 1.165) is 55.5 Å². The molecule has 0 aromatic heterocycles. The predicted molar refractivity (Wildman–Crippen MR) is 140 cm³/mol. The minimum absolute atomic E-state index is 0.0807. The summed E-state index contributed by atoms with van der Waals surface area (Å²) >= 11 is 0. The van der Waals surface area contributed by atoms with Crippen molar-refractivity contribution in [1.29, 1.82) is 0 Å². The van der Waals surface area contributed by atoms with Gasteiger partial charge in [-0.1, -0.05) is 12.1 Å². The summed E-state index contributed by atoms with van der Waals surface area (Å²) in [6.45, 7) is 1.79. The van der Waals surface area contributed by atoms with Gasteiger partial charge in [0.1, 0.15) is 11.4 Å². The first-order chi connectivity index (χ1) is 18.6. The van der Waals surface area contributed by atoms with E-state index in [1.54, 1.807) is 18.0 Å². The Morgan fingerprint density at radius 1 is 1.13 bits per heavy atom. The fourth-order valence-corrected chi connectivity index (χ4v) is 5.99. The molecule has 2 aromatic rings. The van der Waals surface area contributed by atoms with Gasteiger partial charge < -0.3 is 19.7 Å². The molecule has 10 heteroatoms. The van der Waals surface area contributed by atoms with Crippen molar-refractivity contribution in [2.75, 3.05) is 30.5 Å². The number of fused-ring (bicyclic) bond motifs is 2. The minimum atomic E-state index is -4.48. The monoisotopic (exact) mass is 541 g/mol. The standard InChI is InChI=1S/C29H30F3N3O4/c1-34-24-15-21(5-3-18(24)17-35(27(34)37)22-7-11-38-12-8-22)33-26(36)13-19-16-28(9-2-10-28)39-25-14-20(29(30,31)32)4-6-23(19)25/h3-6,13-15,22H,2,7-12,16-17H2,1H3,(H,33,36)/b19-13+. The molecule has 2 aromatic carbocycles. The Labute approximate surface area is 224 Å². The molecule has 3 amide bonds. The van der Waals surface area contributed by atoms with Crippen molar-refractivity contribution in [3.63, 3.8) is 0 Å². The summed E-state index contributed by atoms with van der Waals surface area (Å²) in [5.41, 5.74) is 2.08. The number of nitrogens with one attached hydrogen (secondary N) is 1. The van der Waals surface area contributed by atoms with Crippen LogP contribution in [0, 0.1) is 0 Å². The zero-order chi connectivity index (χ0) is 27.4. The lowest BCUT2D eigenvalue weighted by Gasteiger charge is -2.46. The summed E-state index contributed by atoms with van der Waals surface area (Å²) in [7, 11) is 1.73. The quantitative estimate of drug-likeness (QED) is 0.485. The molecule has 0 radical (unpaired) electrons. The first-order valence-electron chi connectivity index (χ1n) is 13.3. The van der Waals surface area contributed by atoms with Gasteiger partial charge in [-0.15, -0.1) is 0 Å². The highest BCUT2D eigenvalue weighted by Crippen LogP contribution is 2.50. The molecule has 4 aliphatic rings. The van der Waals surface area contributed by atoms with E-state index in [1.807, 2.05) is 17.0 Å². The Balaban J connectivity index is 1.23. The molecule has 3 heterocycles. The topological polar surface area (TPSA) is 71.1 Å². The highest BCUT2D eigenvalue weighted by Gasteiger charge is 2.44. The molecule has 1 N–H and O–H groups in total. The molecule has 0 bridgehead atoms. The van der Waals surface area contributed by atoms with E-state index < -0.39 is 17.3 Å². The number of carbonyl (C=O) groups is 2. The van der Waals surface area contributed by atoms with E-state index in [1.165, 1.54) is 12.1 Å². The van der Waals surface area contributed by atoms with Crippen LogP contribution in [0.5, 0.6) is 5.75 Å². The number of hydrogen-bond donors (Lipinski definition) is 1. The van der Waals surface area contributed by atoms with Crippen molar-refractivity contribution in [1.82, 2.24) is 4.90 Å². The van der Waals surface area contributed by atoms with Crippen LogP contribution in [-0.4, -0.2) is 48.7 Å². The molecule has 1 saturated carbocycles. The molecule has 1 aliphatic carbocycles. The molecule has 1 spiro atoms. The van der Waals surface area contributed by atoms with E-state index in [0.29, 0.717) is 43.0 Å². The van der Waals surface area contributed by atoms with Gasteiger partial charge >= 0.3 is 12.2 Å². The lowest BCUT2D eigenvalue weighted by Crippen LogP contribution is -2.51. The van der Waals surface area contributed by atoms with Crippen molar-refractivity contribution in [3.8, 4) is 5.75 Å². The van der Waals surface area contributed by atoms with E-state index in [-0.39, 0.29) is 23.7 Å². The Bertz CT molecular complexity index is 1350. The highest BCUT2D eigenvalue weighted by molar-refractivity contribution is 6.05. The zero-order valence-electron chi connectivity index (χ0n) is 21.6. The van der Waals surface area contributed by atoms with Crippen LogP contribution < -0.4 is 15.0 Å². The number of hydrogen-bond acceptors (Lipinski definition) is 4. The summed E-state index contributed by atoms with van der Waals surface area (Å²) in [4.78, 5) is 29.7. The molecule has 3 aliphatic heterocycles. The molecule has 0 unspecified atom stereocenters. The van der Waals surface area contributed by atoms with Crippen LogP contribution in [-0.2, 0) is 22.3 Å². The first kappa shape index (κ1) is 25.7. The average molecular weight is 542 g/mol. The van der Waals surface area contributed by atoms with Gasteiger partial charge in [-0.25, -0.2) is 4.79 Å². The minimum Gasteiger partial charge on any atom is -0.486 e. The average Bonchev–Trinajstić information content (AvgIpc) is 2.89. The maximum atomic E-state index is 13.3. The van der Waals surface area contributed by atoms with Crippen LogP contribution in [0.15, 0.2) is 42.5 Å². The molecule has 206 valence electrons. The van der Waals surface area contributed by atoms with Gasteiger partial charge in [0.25, 0.3) is 0 Å². The van der Waals surface area contributed by atoms with Crippen LogP contribution in [0.25, 0.3) is 5.57 Å². The van der Waals surface area contributed by atoms with Gasteiger partial charge in [-0.05, 0) is 67.5 Å². The summed E-state index contributed by atoms with van der Waals surface area (Å²) in [5.74, 6) is -0.224. The lowest BCUT2D eigenvalue weighted by atomic mass is 9.72. The lowest BCUT2D eigenvalue weighted by molar-refractivity contribution is -0.138. The van der Waals surface area contributed by atoms with Crippen molar-refractivity contribution < 1.29 is 32.2 Å². The van der Waals surface area contributed by atoms with Crippen LogP contribution in [0.4, 0.5) is 29.3 Å². The van der Waals surface area contributed by atoms with E-state index in [9.17, 15) is 22.8 Å². The SMILES string of the molecule is CN1C(=O)N(C2CCOCC2)Cc2ccc(NC(=O)/C=C3\CC4(CCC4)Oc4cc(C(F)(F)F)ccc43)cc21. The van der Waals surface area contributed by atoms with E-state index in [2.05, 4.69) is 5.32 Å². The maximum absolute atomic E-state index is 13.3. The summed E-state index contributed by atoms with van der Waals surface area (Å²) in [6, 6.07) is 9.00. The maximum Gasteiger partial charge on any atom is 0.416 e. The van der Waals surface area contributed by atoms with Gasteiger partial charge in [-0.2, -0.15) is 13.2 Å². The summed E-state index contributed by atoms with van der Waals surface area (Å²) < 4.78 is 51.4. The Hall–Kier alpha value is -3.53. The van der Waals surface area contributed by atoms with Crippen molar-refractivity contribution in [2.24, 2.45) is 0 Å². The van der Waals surface area contributed by atoms with Crippen LogP contribution in [0.2, 0.25) is 0 Å². The number of rotatable bonds is 3. The van der Waals surface area contributed by atoms with Crippen LogP contribution in [0.1, 0.15) is 55.2 Å².